The first-order valence-corrected chi connectivity index (χ1v) is 12.8. The number of aromatic amines is 1. The molecule has 0 saturated carbocycles. The van der Waals surface area contributed by atoms with Crippen molar-refractivity contribution in [2.24, 2.45) is 0 Å². The molecule has 11 heteroatoms. The summed E-state index contributed by atoms with van der Waals surface area (Å²) in [4.78, 5) is 47.8. The van der Waals surface area contributed by atoms with Crippen molar-refractivity contribution in [2.45, 2.75) is 32.4 Å². The number of H-pyrrole nitrogens is 1. The lowest BCUT2D eigenvalue weighted by atomic mass is 9.95. The van der Waals surface area contributed by atoms with E-state index < -0.39 is 5.91 Å². The molecule has 0 bridgehead atoms. The number of halogens is 1. The van der Waals surface area contributed by atoms with Gasteiger partial charge in [-0.25, -0.2) is 9.37 Å². The van der Waals surface area contributed by atoms with Crippen molar-refractivity contribution in [2.75, 3.05) is 11.9 Å². The van der Waals surface area contributed by atoms with Crippen LogP contribution >= 0.6 is 11.3 Å². The van der Waals surface area contributed by atoms with Gasteiger partial charge in [-0.3, -0.25) is 24.4 Å². The zero-order valence-electron chi connectivity index (χ0n) is 20.6. The SMILES string of the molecule is C=CC(=O)Cc1cnc(NC(=O)c2nn(Cc3ccc(F)cc3)c3c2CN(C(=O)c2ccc[nH]2)CC3C)s1. The van der Waals surface area contributed by atoms with Crippen LogP contribution in [0.2, 0.25) is 0 Å². The summed E-state index contributed by atoms with van der Waals surface area (Å²) in [6, 6.07) is 9.60. The summed E-state index contributed by atoms with van der Waals surface area (Å²) in [6.07, 6.45) is 4.64. The smallest absolute Gasteiger partial charge is 0.278 e. The summed E-state index contributed by atoms with van der Waals surface area (Å²) in [6.45, 7) is 6.47. The molecular weight excluding hydrogens is 507 g/mol. The number of nitrogens with one attached hydrogen (secondary N) is 2. The summed E-state index contributed by atoms with van der Waals surface area (Å²) in [7, 11) is 0. The Morgan fingerprint density at radius 1 is 1.26 bits per heavy atom. The Morgan fingerprint density at radius 3 is 2.76 bits per heavy atom. The normalized spacial score (nSPS) is 14.7. The second kappa shape index (κ2) is 10.5. The lowest BCUT2D eigenvalue weighted by Gasteiger charge is -2.32. The highest BCUT2D eigenvalue weighted by atomic mass is 32.1. The highest BCUT2D eigenvalue weighted by Crippen LogP contribution is 2.32. The van der Waals surface area contributed by atoms with Gasteiger partial charge in [-0.1, -0.05) is 25.6 Å². The Kier molecular flexibility index (Phi) is 7.01. The Labute approximate surface area is 222 Å². The fourth-order valence-corrected chi connectivity index (χ4v) is 5.41. The van der Waals surface area contributed by atoms with E-state index in [0.29, 0.717) is 34.4 Å². The van der Waals surface area contributed by atoms with E-state index in [2.05, 4.69) is 27.0 Å². The number of carbonyl (C=O) groups is 3. The summed E-state index contributed by atoms with van der Waals surface area (Å²) < 4.78 is 15.2. The number of hydrogen-bond donors (Lipinski definition) is 2. The van der Waals surface area contributed by atoms with Gasteiger partial charge < -0.3 is 9.88 Å². The standard InChI is InChI=1S/C27H25FN6O3S/c1-3-19(35)11-20-12-30-27(38-20)31-25(36)23-21-15-33(26(37)22-5-4-10-29-22)13-16(2)24(21)34(32-23)14-17-6-8-18(28)9-7-17/h3-10,12,16,29H,1,11,13-15H2,2H3,(H,30,31,36). The van der Waals surface area contributed by atoms with Crippen molar-refractivity contribution >= 4 is 34.1 Å². The summed E-state index contributed by atoms with van der Waals surface area (Å²) in [5.74, 6) is -1.21. The van der Waals surface area contributed by atoms with Gasteiger partial charge in [0, 0.05) is 47.4 Å². The number of hydrogen-bond acceptors (Lipinski definition) is 6. The van der Waals surface area contributed by atoms with Crippen LogP contribution in [-0.4, -0.2) is 48.8 Å². The third-order valence-corrected chi connectivity index (χ3v) is 7.24. The highest BCUT2D eigenvalue weighted by molar-refractivity contribution is 7.15. The van der Waals surface area contributed by atoms with Gasteiger partial charge in [0.05, 0.1) is 13.1 Å². The fraction of sp³-hybridized carbons (Fsp3) is 0.222. The molecular formula is C27H25FN6O3S. The van der Waals surface area contributed by atoms with Crippen molar-refractivity contribution in [3.05, 3.63) is 100 Å². The fourth-order valence-electron chi connectivity index (χ4n) is 4.59. The number of rotatable bonds is 8. The third kappa shape index (κ3) is 5.18. The van der Waals surface area contributed by atoms with E-state index in [1.165, 1.54) is 29.5 Å². The molecule has 0 saturated heterocycles. The van der Waals surface area contributed by atoms with Crippen LogP contribution in [0, 0.1) is 5.82 Å². The molecule has 0 fully saturated rings. The number of carbonyl (C=O) groups excluding carboxylic acids is 3. The van der Waals surface area contributed by atoms with Gasteiger partial charge in [0.2, 0.25) is 0 Å². The van der Waals surface area contributed by atoms with Crippen LogP contribution in [0.15, 0.2) is 61.4 Å². The molecule has 4 heterocycles. The maximum atomic E-state index is 13.5. The summed E-state index contributed by atoms with van der Waals surface area (Å²) in [5, 5.41) is 7.78. The topological polar surface area (TPSA) is 113 Å². The molecule has 3 aromatic heterocycles. The van der Waals surface area contributed by atoms with Crippen LogP contribution in [-0.2, 0) is 24.3 Å². The second-order valence-corrected chi connectivity index (χ2v) is 10.2. The minimum atomic E-state index is -0.462. The summed E-state index contributed by atoms with van der Waals surface area (Å²) >= 11 is 1.20. The predicted molar refractivity (Wildman–Crippen MR) is 141 cm³/mol. The maximum Gasteiger partial charge on any atom is 0.278 e. The minimum Gasteiger partial charge on any atom is -0.357 e. The first-order valence-electron chi connectivity index (χ1n) is 12.0. The van der Waals surface area contributed by atoms with E-state index in [0.717, 1.165) is 11.3 Å². The van der Waals surface area contributed by atoms with Crippen molar-refractivity contribution < 1.29 is 18.8 Å². The van der Waals surface area contributed by atoms with E-state index in [9.17, 15) is 18.8 Å². The maximum absolute atomic E-state index is 13.5. The molecule has 1 unspecified atom stereocenters. The number of anilines is 1. The number of aromatic nitrogens is 4. The van der Waals surface area contributed by atoms with Crippen molar-refractivity contribution in [3.63, 3.8) is 0 Å². The zero-order chi connectivity index (χ0) is 26.8. The van der Waals surface area contributed by atoms with Crippen LogP contribution in [0.25, 0.3) is 0 Å². The molecule has 1 atom stereocenters. The molecule has 1 aliphatic rings. The van der Waals surface area contributed by atoms with Crippen LogP contribution in [0.3, 0.4) is 0 Å². The van der Waals surface area contributed by atoms with Crippen LogP contribution < -0.4 is 5.32 Å². The zero-order valence-corrected chi connectivity index (χ0v) is 21.4. The lowest BCUT2D eigenvalue weighted by Crippen LogP contribution is -2.38. The van der Waals surface area contributed by atoms with Gasteiger partial charge in [0.25, 0.3) is 11.8 Å². The second-order valence-electron chi connectivity index (χ2n) is 9.10. The Morgan fingerprint density at radius 2 is 2.05 bits per heavy atom. The van der Waals surface area contributed by atoms with Crippen LogP contribution in [0.1, 0.15) is 55.5 Å². The molecule has 4 aromatic rings. The number of fused-ring (bicyclic) bond motifs is 1. The number of benzene rings is 1. The van der Waals surface area contributed by atoms with Crippen LogP contribution in [0.4, 0.5) is 9.52 Å². The Bertz CT molecular complexity index is 1510. The Hall–Kier alpha value is -4.38. The molecule has 0 aliphatic carbocycles. The van der Waals surface area contributed by atoms with Gasteiger partial charge in [0.15, 0.2) is 16.6 Å². The number of thiazole rings is 1. The van der Waals surface area contributed by atoms with Crippen molar-refractivity contribution in [3.8, 4) is 0 Å². The van der Waals surface area contributed by atoms with Gasteiger partial charge in [-0.2, -0.15) is 5.10 Å². The molecule has 38 heavy (non-hydrogen) atoms. The molecule has 5 rings (SSSR count). The van der Waals surface area contributed by atoms with Gasteiger partial charge in [-0.05, 0) is 35.9 Å². The van der Waals surface area contributed by atoms with Crippen LogP contribution in [0.5, 0.6) is 0 Å². The van der Waals surface area contributed by atoms with Crippen molar-refractivity contribution in [1.29, 1.82) is 0 Å². The van der Waals surface area contributed by atoms with E-state index in [1.807, 2.05) is 6.92 Å². The first kappa shape index (κ1) is 25.3. The van der Waals surface area contributed by atoms with E-state index in [-0.39, 0.29) is 42.1 Å². The predicted octanol–water partition coefficient (Wildman–Crippen LogP) is 4.16. The molecule has 2 amide bonds. The number of nitrogens with zero attached hydrogens (tertiary/aromatic N) is 4. The molecule has 1 aromatic carbocycles. The highest BCUT2D eigenvalue weighted by Gasteiger charge is 2.34. The quantitative estimate of drug-likeness (QED) is 0.331. The lowest BCUT2D eigenvalue weighted by molar-refractivity contribution is -0.113. The third-order valence-electron chi connectivity index (χ3n) is 6.33. The number of allylic oxidation sites excluding steroid dienone is 1. The monoisotopic (exact) mass is 532 g/mol. The number of ketones is 1. The van der Waals surface area contributed by atoms with Gasteiger partial charge in [0.1, 0.15) is 11.5 Å². The van der Waals surface area contributed by atoms with Gasteiger partial charge >= 0.3 is 0 Å². The van der Waals surface area contributed by atoms with E-state index in [1.54, 1.807) is 46.2 Å². The molecule has 1 aliphatic heterocycles. The van der Waals surface area contributed by atoms with E-state index >= 15 is 0 Å². The van der Waals surface area contributed by atoms with Crippen molar-refractivity contribution in [1.82, 2.24) is 24.6 Å². The Balaban J connectivity index is 1.47. The first-order chi connectivity index (χ1) is 18.3. The largest absolute Gasteiger partial charge is 0.357 e. The van der Waals surface area contributed by atoms with E-state index in [4.69, 9.17) is 0 Å². The molecule has 0 radical (unpaired) electrons. The number of amides is 2. The average molecular weight is 533 g/mol. The van der Waals surface area contributed by atoms with Gasteiger partial charge in [-0.15, -0.1) is 11.3 Å². The minimum absolute atomic E-state index is 0.108. The molecule has 0 spiro atoms. The molecule has 9 nitrogen and oxygen atoms in total. The molecule has 2 N–H and O–H groups in total. The average Bonchev–Trinajstić information content (AvgIpc) is 3.66. The summed E-state index contributed by atoms with van der Waals surface area (Å²) in [5.41, 5.74) is 3.00. The molecule has 194 valence electrons.